The van der Waals surface area contributed by atoms with Gasteiger partial charge < -0.3 is 5.73 Å². The fourth-order valence-electron chi connectivity index (χ4n) is 1.65. The summed E-state index contributed by atoms with van der Waals surface area (Å²) in [6, 6.07) is 4.14. The van der Waals surface area contributed by atoms with Crippen molar-refractivity contribution in [3.63, 3.8) is 0 Å². The minimum atomic E-state index is 0.861. The van der Waals surface area contributed by atoms with Crippen LogP contribution in [0.1, 0.15) is 12.5 Å². The van der Waals surface area contributed by atoms with Crippen molar-refractivity contribution in [1.82, 2.24) is 9.78 Å². The molecule has 0 atom stereocenters. The number of nitrogens with two attached hydrogens (primary N) is 1. The summed E-state index contributed by atoms with van der Waals surface area (Å²) in [5.74, 6) is 0. The standard InChI is InChI=1S/C10H13N3/c1-3-7-4-5-8-6-12-13(2)10(8)9(7)11/h4-6H,3,11H2,1-2H3. The van der Waals surface area contributed by atoms with Gasteiger partial charge in [0.2, 0.25) is 0 Å². The second-order valence-corrected chi connectivity index (χ2v) is 3.20. The van der Waals surface area contributed by atoms with Crippen molar-refractivity contribution < 1.29 is 0 Å². The van der Waals surface area contributed by atoms with Crippen molar-refractivity contribution in [2.75, 3.05) is 5.73 Å². The Balaban J connectivity index is 2.83. The molecular weight excluding hydrogens is 162 g/mol. The van der Waals surface area contributed by atoms with Crippen molar-refractivity contribution in [2.45, 2.75) is 13.3 Å². The lowest BCUT2D eigenvalue weighted by Gasteiger charge is -2.04. The molecule has 1 aromatic carbocycles. The molecular formula is C10H13N3. The van der Waals surface area contributed by atoms with E-state index in [4.69, 9.17) is 5.73 Å². The number of nitrogens with zero attached hydrogens (tertiary/aromatic N) is 2. The molecule has 0 bridgehead atoms. The van der Waals surface area contributed by atoms with Gasteiger partial charge in [-0.1, -0.05) is 19.1 Å². The number of benzene rings is 1. The predicted octanol–water partition coefficient (Wildman–Crippen LogP) is 1.72. The minimum Gasteiger partial charge on any atom is -0.397 e. The molecule has 0 amide bonds. The Bertz CT molecular complexity index is 443. The minimum absolute atomic E-state index is 0.861. The van der Waals surface area contributed by atoms with E-state index in [2.05, 4.69) is 24.2 Å². The Kier molecular flexibility index (Phi) is 1.72. The summed E-state index contributed by atoms with van der Waals surface area (Å²) in [5, 5.41) is 5.28. The van der Waals surface area contributed by atoms with E-state index in [1.54, 1.807) is 0 Å². The lowest BCUT2D eigenvalue weighted by atomic mass is 10.1. The predicted molar refractivity (Wildman–Crippen MR) is 54.5 cm³/mol. The molecule has 0 fully saturated rings. The summed E-state index contributed by atoms with van der Waals surface area (Å²) in [6.07, 6.45) is 2.80. The normalized spacial score (nSPS) is 10.9. The Hall–Kier alpha value is -1.51. The maximum absolute atomic E-state index is 6.01. The number of anilines is 1. The van der Waals surface area contributed by atoms with E-state index in [0.29, 0.717) is 0 Å². The Morgan fingerprint density at radius 3 is 2.92 bits per heavy atom. The smallest absolute Gasteiger partial charge is 0.0911 e. The van der Waals surface area contributed by atoms with Crippen LogP contribution >= 0.6 is 0 Å². The lowest BCUT2D eigenvalue weighted by Crippen LogP contribution is -1.98. The van der Waals surface area contributed by atoms with Crippen LogP contribution in [0, 0.1) is 0 Å². The first-order valence-electron chi connectivity index (χ1n) is 4.43. The Morgan fingerprint density at radius 2 is 2.23 bits per heavy atom. The van der Waals surface area contributed by atoms with Gasteiger partial charge in [-0.25, -0.2) is 0 Å². The molecule has 1 heterocycles. The van der Waals surface area contributed by atoms with Crippen LogP contribution in [0.15, 0.2) is 18.3 Å². The first-order chi connectivity index (χ1) is 6.24. The Morgan fingerprint density at radius 1 is 1.46 bits per heavy atom. The van der Waals surface area contributed by atoms with E-state index in [-0.39, 0.29) is 0 Å². The molecule has 2 rings (SSSR count). The molecule has 0 aliphatic rings. The SMILES string of the molecule is CCc1ccc2cnn(C)c2c1N. The molecule has 2 aromatic rings. The maximum Gasteiger partial charge on any atom is 0.0911 e. The van der Waals surface area contributed by atoms with Crippen molar-refractivity contribution >= 4 is 16.6 Å². The zero-order valence-corrected chi connectivity index (χ0v) is 7.91. The quantitative estimate of drug-likeness (QED) is 0.670. The van der Waals surface area contributed by atoms with Crippen LogP contribution in [0.25, 0.3) is 10.9 Å². The van der Waals surface area contributed by atoms with Gasteiger partial charge in [-0.2, -0.15) is 5.10 Å². The third-order valence-electron chi connectivity index (χ3n) is 2.41. The van der Waals surface area contributed by atoms with Crippen LogP contribution in [0.5, 0.6) is 0 Å². The van der Waals surface area contributed by atoms with Gasteiger partial charge in [0.1, 0.15) is 0 Å². The number of fused-ring (bicyclic) bond motifs is 1. The number of hydrogen-bond acceptors (Lipinski definition) is 2. The van der Waals surface area contributed by atoms with E-state index >= 15 is 0 Å². The molecule has 0 saturated carbocycles. The molecule has 0 aliphatic heterocycles. The number of hydrogen-bond donors (Lipinski definition) is 1. The third-order valence-corrected chi connectivity index (χ3v) is 2.41. The van der Waals surface area contributed by atoms with E-state index < -0.39 is 0 Å². The molecule has 0 spiro atoms. The van der Waals surface area contributed by atoms with Crippen molar-refractivity contribution in [1.29, 1.82) is 0 Å². The first-order valence-corrected chi connectivity index (χ1v) is 4.43. The highest BCUT2D eigenvalue weighted by Crippen LogP contribution is 2.24. The highest BCUT2D eigenvalue weighted by molar-refractivity contribution is 5.91. The van der Waals surface area contributed by atoms with Crippen LogP contribution in [0.4, 0.5) is 5.69 Å². The maximum atomic E-state index is 6.01. The lowest BCUT2D eigenvalue weighted by molar-refractivity contribution is 0.797. The summed E-state index contributed by atoms with van der Waals surface area (Å²) < 4.78 is 1.82. The highest BCUT2D eigenvalue weighted by atomic mass is 15.3. The number of nitrogen functional groups attached to an aromatic ring is 1. The second-order valence-electron chi connectivity index (χ2n) is 3.20. The molecule has 3 nitrogen and oxygen atoms in total. The number of aromatic nitrogens is 2. The zero-order valence-electron chi connectivity index (χ0n) is 7.91. The first kappa shape index (κ1) is 8.10. The van der Waals surface area contributed by atoms with Crippen molar-refractivity contribution in [3.05, 3.63) is 23.9 Å². The second kappa shape index (κ2) is 2.76. The van der Waals surface area contributed by atoms with Gasteiger partial charge in [0, 0.05) is 12.4 Å². The van der Waals surface area contributed by atoms with Crippen LogP contribution in [-0.4, -0.2) is 9.78 Å². The molecule has 13 heavy (non-hydrogen) atoms. The summed E-state index contributed by atoms with van der Waals surface area (Å²) in [4.78, 5) is 0. The van der Waals surface area contributed by atoms with E-state index in [1.807, 2.05) is 17.9 Å². The van der Waals surface area contributed by atoms with E-state index in [1.165, 1.54) is 5.56 Å². The van der Waals surface area contributed by atoms with Gasteiger partial charge in [0.05, 0.1) is 17.4 Å². The van der Waals surface area contributed by atoms with Crippen LogP contribution in [-0.2, 0) is 13.5 Å². The molecule has 1 aromatic heterocycles. The molecule has 0 radical (unpaired) electrons. The van der Waals surface area contributed by atoms with Crippen molar-refractivity contribution in [3.8, 4) is 0 Å². The molecule has 0 aliphatic carbocycles. The summed E-state index contributed by atoms with van der Waals surface area (Å²) >= 11 is 0. The van der Waals surface area contributed by atoms with Gasteiger partial charge in [-0.3, -0.25) is 4.68 Å². The van der Waals surface area contributed by atoms with E-state index in [9.17, 15) is 0 Å². The molecule has 2 N–H and O–H groups in total. The Labute approximate surface area is 77.2 Å². The summed E-state index contributed by atoms with van der Waals surface area (Å²) in [5.41, 5.74) is 9.11. The monoisotopic (exact) mass is 175 g/mol. The summed E-state index contributed by atoms with van der Waals surface area (Å²) in [6.45, 7) is 2.11. The average molecular weight is 175 g/mol. The third kappa shape index (κ3) is 1.08. The zero-order chi connectivity index (χ0) is 9.42. The number of aryl methyl sites for hydroxylation is 2. The number of rotatable bonds is 1. The van der Waals surface area contributed by atoms with Gasteiger partial charge in [-0.15, -0.1) is 0 Å². The fourth-order valence-corrected chi connectivity index (χ4v) is 1.65. The fraction of sp³-hybridized carbons (Fsp3) is 0.300. The van der Waals surface area contributed by atoms with Gasteiger partial charge in [0.15, 0.2) is 0 Å². The molecule has 0 unspecified atom stereocenters. The van der Waals surface area contributed by atoms with Gasteiger partial charge >= 0.3 is 0 Å². The molecule has 3 heteroatoms. The largest absolute Gasteiger partial charge is 0.397 e. The van der Waals surface area contributed by atoms with Gasteiger partial charge in [-0.05, 0) is 12.0 Å². The van der Waals surface area contributed by atoms with Crippen LogP contribution < -0.4 is 5.73 Å². The van der Waals surface area contributed by atoms with Gasteiger partial charge in [0.25, 0.3) is 0 Å². The van der Waals surface area contributed by atoms with Crippen LogP contribution in [0.2, 0.25) is 0 Å². The van der Waals surface area contributed by atoms with E-state index in [0.717, 1.165) is 23.0 Å². The van der Waals surface area contributed by atoms with Crippen molar-refractivity contribution in [2.24, 2.45) is 7.05 Å². The average Bonchev–Trinajstić information content (AvgIpc) is 2.49. The molecule has 0 saturated heterocycles. The topological polar surface area (TPSA) is 43.8 Å². The summed E-state index contributed by atoms with van der Waals surface area (Å²) in [7, 11) is 1.91. The molecule has 68 valence electrons. The highest BCUT2D eigenvalue weighted by Gasteiger charge is 2.06. The van der Waals surface area contributed by atoms with Crippen LogP contribution in [0.3, 0.4) is 0 Å².